The van der Waals surface area contributed by atoms with Gasteiger partial charge in [0.15, 0.2) is 0 Å². The molecule has 0 heterocycles. The molecule has 3 N–H and O–H groups in total. The Kier molecular flexibility index (Phi) is 15.8. The molecule has 245 valence electrons. The SMILES string of the molecule is Cc1ccc(C(C)C)cc1.Cc1ccc(S(=O)(=O)[N-][C@H](c2ccccc2)[C@H](N)c2ccccc2)cc1.O=S(=O)(O)C(F)(F)F.[Ru+]. The van der Waals surface area contributed by atoms with Gasteiger partial charge in [0.25, 0.3) is 0 Å². The molecular weight excluding hydrogens is 715 g/mol. The molecule has 13 heteroatoms. The van der Waals surface area contributed by atoms with Crippen LogP contribution >= 0.6 is 0 Å². The van der Waals surface area contributed by atoms with Gasteiger partial charge in [0.1, 0.15) is 10.0 Å². The maximum Gasteiger partial charge on any atom is 1.00 e. The van der Waals surface area contributed by atoms with Crippen LogP contribution in [0.3, 0.4) is 0 Å². The van der Waals surface area contributed by atoms with Crippen molar-refractivity contribution in [2.24, 2.45) is 5.73 Å². The quantitative estimate of drug-likeness (QED) is 0.112. The molecule has 0 aliphatic heterocycles. The summed E-state index contributed by atoms with van der Waals surface area (Å²) in [5.74, 6) is 0.653. The molecule has 7 nitrogen and oxygen atoms in total. The number of nitrogens with two attached hydrogens (primary N) is 1. The van der Waals surface area contributed by atoms with E-state index in [1.54, 1.807) is 24.3 Å². The summed E-state index contributed by atoms with van der Waals surface area (Å²) in [6.45, 7) is 8.45. The summed E-state index contributed by atoms with van der Waals surface area (Å²) in [5, 5.41) is 0. The topological polar surface area (TPSA) is 129 Å². The van der Waals surface area contributed by atoms with Crippen LogP contribution in [0.4, 0.5) is 13.2 Å². The van der Waals surface area contributed by atoms with Crippen LogP contribution in [0.2, 0.25) is 0 Å². The number of halogens is 3. The molecular formula is C32H36F3N2O5RuS2. The van der Waals surface area contributed by atoms with Gasteiger partial charge in [0, 0.05) is 10.9 Å². The van der Waals surface area contributed by atoms with E-state index in [2.05, 4.69) is 49.8 Å². The van der Waals surface area contributed by atoms with Crippen molar-refractivity contribution in [2.75, 3.05) is 0 Å². The monoisotopic (exact) mass is 751 g/mol. The van der Waals surface area contributed by atoms with Crippen molar-refractivity contribution in [3.05, 3.63) is 142 Å². The molecule has 0 saturated heterocycles. The van der Waals surface area contributed by atoms with Crippen LogP contribution in [0.1, 0.15) is 59.7 Å². The first-order valence-corrected chi connectivity index (χ1v) is 16.3. The smallest absolute Gasteiger partial charge is 0.537 e. The molecule has 1 radical (unpaired) electrons. The van der Waals surface area contributed by atoms with Crippen LogP contribution in [0.15, 0.2) is 114 Å². The molecule has 0 aliphatic rings. The summed E-state index contributed by atoms with van der Waals surface area (Å²) in [6, 6.07) is 32.8. The first kappa shape index (κ1) is 40.1. The van der Waals surface area contributed by atoms with Gasteiger partial charge in [-0.15, -0.1) is 0 Å². The van der Waals surface area contributed by atoms with Gasteiger partial charge >= 0.3 is 35.1 Å². The van der Waals surface area contributed by atoms with Gasteiger partial charge in [0.05, 0.1) is 0 Å². The van der Waals surface area contributed by atoms with Gasteiger partial charge < -0.3 is 10.5 Å². The molecule has 0 aromatic heterocycles. The number of hydrogen-bond acceptors (Lipinski definition) is 5. The van der Waals surface area contributed by atoms with Crippen molar-refractivity contribution in [3.63, 3.8) is 0 Å². The number of rotatable bonds is 7. The maximum atomic E-state index is 12.8. The molecule has 4 aromatic rings. The molecule has 45 heavy (non-hydrogen) atoms. The summed E-state index contributed by atoms with van der Waals surface area (Å²) in [6.07, 6.45) is 0. The van der Waals surface area contributed by atoms with Gasteiger partial charge in [-0.3, -0.25) is 4.55 Å². The van der Waals surface area contributed by atoms with E-state index in [0.29, 0.717) is 5.92 Å². The molecule has 0 amide bonds. The van der Waals surface area contributed by atoms with Crippen LogP contribution < -0.4 is 5.73 Å². The van der Waals surface area contributed by atoms with Gasteiger partial charge in [0.2, 0.25) is 0 Å². The first-order chi connectivity index (χ1) is 20.4. The molecule has 4 rings (SSSR count). The van der Waals surface area contributed by atoms with Gasteiger partial charge in [-0.2, -0.15) is 21.6 Å². The number of nitrogens with zero attached hydrogens (tertiary/aromatic N) is 1. The van der Waals surface area contributed by atoms with Crippen molar-refractivity contribution >= 4 is 20.1 Å². The Morgan fingerprint density at radius 3 is 1.42 bits per heavy atom. The molecule has 0 aliphatic carbocycles. The van der Waals surface area contributed by atoms with Crippen LogP contribution in [-0.4, -0.2) is 26.9 Å². The molecule has 0 bridgehead atoms. The molecule has 0 spiro atoms. The van der Waals surface area contributed by atoms with Crippen LogP contribution in [0.25, 0.3) is 4.72 Å². The third-order valence-corrected chi connectivity index (χ3v) is 8.23. The van der Waals surface area contributed by atoms with Crippen molar-refractivity contribution in [1.82, 2.24) is 0 Å². The molecule has 0 unspecified atom stereocenters. The Labute approximate surface area is 276 Å². The van der Waals surface area contributed by atoms with Crippen LogP contribution in [0.5, 0.6) is 0 Å². The van der Waals surface area contributed by atoms with E-state index in [-0.39, 0.29) is 24.4 Å². The number of hydrogen-bond donors (Lipinski definition) is 2. The zero-order chi connectivity index (χ0) is 33.1. The third-order valence-electron chi connectivity index (χ3n) is 6.27. The van der Waals surface area contributed by atoms with Crippen LogP contribution in [0, 0.1) is 13.8 Å². The second-order valence-electron chi connectivity index (χ2n) is 10.2. The minimum Gasteiger partial charge on any atom is -0.537 e. The van der Waals surface area contributed by atoms with Crippen molar-refractivity contribution < 1.29 is 54.0 Å². The molecule has 2 atom stereocenters. The Bertz CT molecular complexity index is 1650. The second-order valence-corrected chi connectivity index (χ2v) is 13.2. The molecule has 0 fully saturated rings. The van der Waals surface area contributed by atoms with Gasteiger partial charge in [-0.05, 0) is 43.0 Å². The summed E-state index contributed by atoms with van der Waals surface area (Å²) < 4.78 is 87.4. The second kappa shape index (κ2) is 17.7. The Morgan fingerprint density at radius 1 is 0.667 bits per heavy atom. The minimum atomic E-state index is -5.84. The Morgan fingerprint density at radius 2 is 1.04 bits per heavy atom. The van der Waals surface area contributed by atoms with Gasteiger partial charge in [-0.1, -0.05) is 134 Å². The standard InChI is InChI=1S/C21H21N2O2S.C10H14.CHF3O3S.Ru/c1-16-12-14-19(15-13-16)26(24,25)23-21(18-10-6-3-7-11-18)20(22)17-8-4-2-5-9-17;1-8(2)10-6-4-9(3)5-7-10;2-1(3,4)8(5,6)7;/h2-15,20-21H,22H2,1H3;4-8H,1-3H3;(H,5,6,7);/q-1;;;+1/t20-,21-;;;/m1.../s1. The number of alkyl halides is 3. The predicted octanol–water partition coefficient (Wildman–Crippen LogP) is 8.01. The minimum absolute atomic E-state index is 0. The van der Waals surface area contributed by atoms with E-state index in [4.69, 9.17) is 18.7 Å². The van der Waals surface area contributed by atoms with E-state index < -0.39 is 37.7 Å². The average molecular weight is 751 g/mol. The summed E-state index contributed by atoms with van der Waals surface area (Å²) >= 11 is 0. The van der Waals surface area contributed by atoms with E-state index in [1.807, 2.05) is 67.6 Å². The molecule has 4 aromatic carbocycles. The van der Waals surface area contributed by atoms with E-state index >= 15 is 0 Å². The predicted molar refractivity (Wildman–Crippen MR) is 167 cm³/mol. The van der Waals surface area contributed by atoms with E-state index in [1.165, 1.54) is 11.1 Å². The fourth-order valence-corrected chi connectivity index (χ4v) is 4.87. The first-order valence-electron chi connectivity index (χ1n) is 13.4. The third kappa shape index (κ3) is 13.1. The van der Waals surface area contributed by atoms with Crippen molar-refractivity contribution in [2.45, 2.75) is 56.1 Å². The van der Waals surface area contributed by atoms with Crippen molar-refractivity contribution in [3.8, 4) is 0 Å². The normalized spacial score (nSPS) is 12.8. The fourth-order valence-electron chi connectivity index (χ4n) is 3.71. The number of sulfonamides is 1. The average Bonchev–Trinajstić information content (AvgIpc) is 2.97. The van der Waals surface area contributed by atoms with Crippen LogP contribution in [-0.2, 0) is 39.6 Å². The maximum absolute atomic E-state index is 12.8. The summed E-state index contributed by atoms with van der Waals surface area (Å²) in [5.41, 5.74) is 6.24. The zero-order valence-electron chi connectivity index (χ0n) is 25.0. The zero-order valence-corrected chi connectivity index (χ0v) is 28.4. The fraction of sp³-hybridized carbons (Fsp3) is 0.250. The van der Waals surface area contributed by atoms with E-state index in [9.17, 15) is 21.6 Å². The Hall–Kier alpha value is -2.93. The summed E-state index contributed by atoms with van der Waals surface area (Å²) in [7, 11) is -9.67. The Balaban J connectivity index is 0.000000438. The van der Waals surface area contributed by atoms with Gasteiger partial charge in [-0.25, -0.2) is 8.42 Å². The molecule has 0 saturated carbocycles. The summed E-state index contributed by atoms with van der Waals surface area (Å²) in [4.78, 5) is 0.171. The van der Waals surface area contributed by atoms with Crippen molar-refractivity contribution in [1.29, 1.82) is 0 Å². The van der Waals surface area contributed by atoms with E-state index in [0.717, 1.165) is 16.7 Å². The largest absolute Gasteiger partial charge is 1.00 e. The number of aryl methyl sites for hydroxylation is 2. The number of benzene rings is 4.